The molecule has 0 aromatic heterocycles. The number of carbonyl (C=O) groups excluding carboxylic acids is 1. The number of aromatic carboxylic acids is 1. The van der Waals surface area contributed by atoms with Crippen LogP contribution in [0, 0.1) is 0 Å². The molecule has 2 aliphatic rings. The molecule has 0 unspecified atom stereocenters. The number of carboxylic acid groups (broad SMARTS) is 1. The van der Waals surface area contributed by atoms with Gasteiger partial charge in [-0.3, -0.25) is 4.79 Å². The summed E-state index contributed by atoms with van der Waals surface area (Å²) in [5, 5.41) is 8.98. The molecule has 0 bridgehead atoms. The van der Waals surface area contributed by atoms with Crippen molar-refractivity contribution in [3.8, 4) is 0 Å². The summed E-state index contributed by atoms with van der Waals surface area (Å²) in [5.41, 5.74) is 1.32. The maximum atomic E-state index is 12.5. The van der Waals surface area contributed by atoms with Gasteiger partial charge in [-0.05, 0) is 63.5 Å². The Morgan fingerprint density at radius 1 is 1.00 bits per heavy atom. The quantitative estimate of drug-likeness (QED) is 0.844. The minimum atomic E-state index is -0.907. The van der Waals surface area contributed by atoms with E-state index in [4.69, 9.17) is 5.11 Å². The molecule has 6 nitrogen and oxygen atoms in total. The van der Waals surface area contributed by atoms with Crippen LogP contribution < -0.4 is 4.90 Å². The van der Waals surface area contributed by atoms with Crippen molar-refractivity contribution in [1.82, 2.24) is 9.80 Å². The van der Waals surface area contributed by atoms with Crippen LogP contribution >= 0.6 is 0 Å². The van der Waals surface area contributed by atoms with Crippen molar-refractivity contribution in [1.29, 1.82) is 0 Å². The van der Waals surface area contributed by atoms with Crippen LogP contribution in [0.4, 0.5) is 5.69 Å². The Morgan fingerprint density at radius 3 is 2.19 bits per heavy atom. The topological polar surface area (TPSA) is 64.1 Å². The highest BCUT2D eigenvalue weighted by molar-refractivity contribution is 5.88. The summed E-state index contributed by atoms with van der Waals surface area (Å²) in [4.78, 5) is 30.1. The van der Waals surface area contributed by atoms with E-state index in [0.717, 1.165) is 38.3 Å². The minimum Gasteiger partial charge on any atom is -0.478 e. The molecular weight excluding hydrogens is 330 g/mol. The number of hydrogen-bond acceptors (Lipinski definition) is 4. The van der Waals surface area contributed by atoms with Crippen LogP contribution in [0.15, 0.2) is 24.3 Å². The van der Waals surface area contributed by atoms with E-state index in [0.29, 0.717) is 18.0 Å². The Bertz CT molecular complexity index is 618. The molecule has 0 aliphatic carbocycles. The maximum absolute atomic E-state index is 12.5. The summed E-state index contributed by atoms with van der Waals surface area (Å²) < 4.78 is 0. The van der Waals surface area contributed by atoms with Crippen molar-refractivity contribution in [2.45, 2.75) is 38.6 Å². The van der Waals surface area contributed by atoms with E-state index < -0.39 is 5.97 Å². The van der Waals surface area contributed by atoms with Crippen LogP contribution in [0.5, 0.6) is 0 Å². The molecule has 2 fully saturated rings. The van der Waals surface area contributed by atoms with Gasteiger partial charge >= 0.3 is 5.97 Å². The molecule has 0 radical (unpaired) electrons. The van der Waals surface area contributed by atoms with Crippen molar-refractivity contribution in [2.75, 3.05) is 44.2 Å². The van der Waals surface area contributed by atoms with Crippen molar-refractivity contribution >= 4 is 17.6 Å². The molecule has 26 heavy (non-hydrogen) atoms. The van der Waals surface area contributed by atoms with E-state index in [1.807, 2.05) is 17.0 Å². The van der Waals surface area contributed by atoms with E-state index >= 15 is 0 Å². The first-order chi connectivity index (χ1) is 12.5. The van der Waals surface area contributed by atoms with Crippen LogP contribution in [0.3, 0.4) is 0 Å². The number of rotatable bonds is 6. The van der Waals surface area contributed by atoms with Gasteiger partial charge in [0.05, 0.1) is 5.56 Å². The van der Waals surface area contributed by atoms with Crippen molar-refractivity contribution in [3.63, 3.8) is 0 Å². The van der Waals surface area contributed by atoms with Gasteiger partial charge in [-0.25, -0.2) is 4.79 Å². The summed E-state index contributed by atoms with van der Waals surface area (Å²) in [7, 11) is 0. The molecule has 142 valence electrons. The first-order valence-electron chi connectivity index (χ1n) is 9.65. The zero-order valence-electron chi connectivity index (χ0n) is 15.6. The highest BCUT2D eigenvalue weighted by Crippen LogP contribution is 2.19. The van der Waals surface area contributed by atoms with Gasteiger partial charge in [-0.1, -0.05) is 0 Å². The zero-order chi connectivity index (χ0) is 18.5. The smallest absolute Gasteiger partial charge is 0.335 e. The van der Waals surface area contributed by atoms with E-state index in [2.05, 4.69) is 16.7 Å². The second kappa shape index (κ2) is 8.54. The Hall–Kier alpha value is -2.08. The highest BCUT2D eigenvalue weighted by atomic mass is 16.4. The molecule has 1 atom stereocenters. The predicted molar refractivity (Wildman–Crippen MR) is 102 cm³/mol. The van der Waals surface area contributed by atoms with Crippen molar-refractivity contribution in [2.24, 2.45) is 0 Å². The number of anilines is 1. The summed E-state index contributed by atoms with van der Waals surface area (Å²) in [6.07, 6.45) is 4.14. The summed E-state index contributed by atoms with van der Waals surface area (Å²) in [6.45, 7) is 7.63. The van der Waals surface area contributed by atoms with E-state index in [1.165, 1.54) is 25.9 Å². The number of piperazine rings is 1. The number of benzene rings is 1. The Labute approximate surface area is 155 Å². The second-order valence-corrected chi connectivity index (χ2v) is 7.35. The van der Waals surface area contributed by atoms with Crippen LogP contribution in [-0.4, -0.2) is 72.1 Å². The molecule has 2 aliphatic heterocycles. The van der Waals surface area contributed by atoms with Crippen molar-refractivity contribution in [3.05, 3.63) is 29.8 Å². The third kappa shape index (κ3) is 4.55. The Morgan fingerprint density at radius 2 is 1.62 bits per heavy atom. The normalized spacial score (nSPS) is 19.6. The van der Waals surface area contributed by atoms with Crippen LogP contribution in [0.1, 0.15) is 43.0 Å². The second-order valence-electron chi connectivity index (χ2n) is 7.35. The van der Waals surface area contributed by atoms with Gasteiger partial charge in [0.15, 0.2) is 0 Å². The fourth-order valence-corrected chi connectivity index (χ4v) is 3.88. The molecule has 6 heteroatoms. The van der Waals surface area contributed by atoms with Gasteiger partial charge in [0.25, 0.3) is 0 Å². The van der Waals surface area contributed by atoms with Gasteiger partial charge in [0, 0.05) is 44.3 Å². The number of amides is 1. The average molecular weight is 359 g/mol. The number of carbonyl (C=O) groups is 2. The van der Waals surface area contributed by atoms with Gasteiger partial charge < -0.3 is 19.8 Å². The molecule has 2 heterocycles. The largest absolute Gasteiger partial charge is 0.478 e. The highest BCUT2D eigenvalue weighted by Gasteiger charge is 2.23. The number of carboxylic acids is 1. The fraction of sp³-hybridized carbons (Fsp3) is 0.600. The molecule has 1 N–H and O–H groups in total. The predicted octanol–water partition coefficient (Wildman–Crippen LogP) is 2.30. The van der Waals surface area contributed by atoms with E-state index in [9.17, 15) is 9.59 Å². The standard InChI is InChI=1S/C20H29N3O3/c1-16(21-10-2-3-11-21)4-9-19(24)23-14-12-22(13-15-23)18-7-5-17(6-8-18)20(25)26/h5-8,16H,2-4,9-15H2,1H3,(H,25,26)/t16-/m0/s1. The summed E-state index contributed by atoms with van der Waals surface area (Å²) in [5.74, 6) is -0.646. The maximum Gasteiger partial charge on any atom is 0.335 e. The molecule has 1 aromatic rings. The third-order valence-corrected chi connectivity index (χ3v) is 5.65. The first kappa shape index (κ1) is 18.7. The van der Waals surface area contributed by atoms with Gasteiger partial charge in [-0.2, -0.15) is 0 Å². The van der Waals surface area contributed by atoms with E-state index in [1.54, 1.807) is 12.1 Å². The molecule has 3 rings (SSSR count). The van der Waals surface area contributed by atoms with Gasteiger partial charge in [0.2, 0.25) is 5.91 Å². The lowest BCUT2D eigenvalue weighted by Gasteiger charge is -2.36. The number of likely N-dealkylation sites (tertiary alicyclic amines) is 1. The average Bonchev–Trinajstić information content (AvgIpc) is 3.21. The van der Waals surface area contributed by atoms with Crippen LogP contribution in [0.2, 0.25) is 0 Å². The SMILES string of the molecule is C[C@@H](CCC(=O)N1CCN(c2ccc(C(=O)O)cc2)CC1)N1CCCC1. The number of hydrogen-bond donors (Lipinski definition) is 1. The molecule has 1 aromatic carbocycles. The molecule has 1 amide bonds. The lowest BCUT2D eigenvalue weighted by molar-refractivity contribution is -0.131. The summed E-state index contributed by atoms with van der Waals surface area (Å²) in [6, 6.07) is 7.46. The monoisotopic (exact) mass is 359 g/mol. The lowest BCUT2D eigenvalue weighted by Crippen LogP contribution is -2.49. The van der Waals surface area contributed by atoms with Crippen LogP contribution in [0.25, 0.3) is 0 Å². The Kier molecular flexibility index (Phi) is 6.14. The minimum absolute atomic E-state index is 0.261. The zero-order valence-corrected chi connectivity index (χ0v) is 15.6. The van der Waals surface area contributed by atoms with Gasteiger partial charge in [-0.15, -0.1) is 0 Å². The van der Waals surface area contributed by atoms with Gasteiger partial charge in [0.1, 0.15) is 0 Å². The third-order valence-electron chi connectivity index (χ3n) is 5.65. The molecular formula is C20H29N3O3. The Balaban J connectivity index is 1.43. The lowest BCUT2D eigenvalue weighted by atomic mass is 10.1. The van der Waals surface area contributed by atoms with Crippen molar-refractivity contribution < 1.29 is 14.7 Å². The molecule has 0 spiro atoms. The first-order valence-corrected chi connectivity index (χ1v) is 9.65. The molecule has 0 saturated carbocycles. The van der Waals surface area contributed by atoms with E-state index in [-0.39, 0.29) is 5.91 Å². The number of nitrogens with zero attached hydrogens (tertiary/aromatic N) is 3. The molecule has 2 saturated heterocycles. The fourth-order valence-electron chi connectivity index (χ4n) is 3.88. The van der Waals surface area contributed by atoms with Crippen LogP contribution in [-0.2, 0) is 4.79 Å². The summed E-state index contributed by atoms with van der Waals surface area (Å²) >= 11 is 0.